The summed E-state index contributed by atoms with van der Waals surface area (Å²) in [7, 11) is 0. The molecular formula is C10H15N3. The second-order valence-electron chi connectivity index (χ2n) is 2.83. The highest BCUT2D eigenvalue weighted by molar-refractivity contribution is 5.29. The quantitative estimate of drug-likeness (QED) is 0.721. The molecule has 1 aromatic carbocycles. The first-order chi connectivity index (χ1) is 5.77. The molecule has 13 heavy (non-hydrogen) atoms. The van der Waals surface area contributed by atoms with Crippen molar-refractivity contribution in [3.8, 4) is 6.07 Å². The van der Waals surface area contributed by atoms with Crippen molar-refractivity contribution in [3.05, 3.63) is 35.4 Å². The van der Waals surface area contributed by atoms with Gasteiger partial charge in [-0.1, -0.05) is 29.8 Å². The fourth-order valence-corrected chi connectivity index (χ4v) is 1.15. The number of aryl methyl sites for hydroxylation is 1. The highest BCUT2D eigenvalue weighted by Crippen LogP contribution is 2.14. The van der Waals surface area contributed by atoms with E-state index in [1.54, 1.807) is 0 Å². The summed E-state index contributed by atoms with van der Waals surface area (Å²) in [5.41, 5.74) is 7.62. The Bertz CT molecular complexity index is 301. The van der Waals surface area contributed by atoms with Gasteiger partial charge in [0.15, 0.2) is 0 Å². The summed E-state index contributed by atoms with van der Waals surface area (Å²) in [6.07, 6.45) is 0. The number of hydrogen-bond donors (Lipinski definition) is 2. The Morgan fingerprint density at radius 1 is 1.54 bits per heavy atom. The molecule has 0 saturated heterocycles. The van der Waals surface area contributed by atoms with E-state index in [2.05, 4.69) is 6.07 Å². The van der Waals surface area contributed by atoms with Gasteiger partial charge in [0, 0.05) is 6.54 Å². The molecule has 0 heterocycles. The molecule has 1 atom stereocenters. The normalized spacial score (nSPS) is 11.2. The van der Waals surface area contributed by atoms with E-state index in [0.717, 1.165) is 5.56 Å². The zero-order valence-electron chi connectivity index (χ0n) is 7.83. The Morgan fingerprint density at radius 3 is 2.69 bits per heavy atom. The van der Waals surface area contributed by atoms with Crippen molar-refractivity contribution in [2.75, 3.05) is 6.54 Å². The topological polar surface area (TPSA) is 84.8 Å². The van der Waals surface area contributed by atoms with E-state index in [-0.39, 0.29) is 12.1 Å². The predicted molar refractivity (Wildman–Crippen MR) is 53.6 cm³/mol. The third-order valence-electron chi connectivity index (χ3n) is 1.84. The molecule has 0 aliphatic carbocycles. The molecule has 1 unspecified atom stereocenters. The Hall–Kier alpha value is -1.37. The first-order valence-corrected chi connectivity index (χ1v) is 3.94. The van der Waals surface area contributed by atoms with E-state index in [9.17, 15) is 0 Å². The van der Waals surface area contributed by atoms with Gasteiger partial charge in [0.2, 0.25) is 0 Å². The monoisotopic (exact) mass is 177 g/mol. The van der Waals surface area contributed by atoms with Gasteiger partial charge in [0.05, 0.1) is 12.0 Å². The first-order valence-electron chi connectivity index (χ1n) is 3.94. The molecule has 0 aliphatic rings. The van der Waals surface area contributed by atoms with E-state index in [0.29, 0.717) is 6.54 Å². The number of hydrogen-bond acceptors (Lipinski definition) is 3. The van der Waals surface area contributed by atoms with Gasteiger partial charge < -0.3 is 11.9 Å². The highest BCUT2D eigenvalue weighted by atomic mass is 14.5. The highest BCUT2D eigenvalue weighted by Gasteiger charge is 2.06. The molecule has 5 N–H and O–H groups in total. The van der Waals surface area contributed by atoms with E-state index in [4.69, 9.17) is 11.0 Å². The van der Waals surface area contributed by atoms with Gasteiger partial charge in [-0.15, -0.1) is 0 Å². The second kappa shape index (κ2) is 5.31. The molecule has 0 aliphatic heterocycles. The number of benzene rings is 1. The SMILES string of the molecule is Cc1cccc(C(C#N)CN)c1.N. The Labute approximate surface area is 78.8 Å². The van der Waals surface area contributed by atoms with Crippen molar-refractivity contribution in [2.24, 2.45) is 5.73 Å². The maximum Gasteiger partial charge on any atom is 0.0835 e. The fourth-order valence-electron chi connectivity index (χ4n) is 1.15. The van der Waals surface area contributed by atoms with Crippen molar-refractivity contribution >= 4 is 0 Å². The molecule has 3 heteroatoms. The molecule has 1 rings (SSSR count). The van der Waals surface area contributed by atoms with Crippen LogP contribution in [0, 0.1) is 18.3 Å². The zero-order valence-corrected chi connectivity index (χ0v) is 7.83. The van der Waals surface area contributed by atoms with Crippen LogP contribution in [-0.4, -0.2) is 6.54 Å². The average molecular weight is 177 g/mol. The van der Waals surface area contributed by atoms with E-state index >= 15 is 0 Å². The Morgan fingerprint density at radius 2 is 2.23 bits per heavy atom. The second-order valence-corrected chi connectivity index (χ2v) is 2.83. The maximum absolute atomic E-state index is 8.74. The fraction of sp³-hybridized carbons (Fsp3) is 0.300. The third kappa shape index (κ3) is 2.86. The van der Waals surface area contributed by atoms with Gasteiger partial charge in [0.25, 0.3) is 0 Å². The van der Waals surface area contributed by atoms with Crippen molar-refractivity contribution < 1.29 is 0 Å². The molecule has 0 radical (unpaired) electrons. The molecule has 0 spiro atoms. The molecule has 3 nitrogen and oxygen atoms in total. The van der Waals surface area contributed by atoms with Crippen molar-refractivity contribution in [2.45, 2.75) is 12.8 Å². The lowest BCUT2D eigenvalue weighted by atomic mass is 9.99. The van der Waals surface area contributed by atoms with Crippen LogP contribution < -0.4 is 11.9 Å². The Balaban J connectivity index is 0.00000144. The lowest BCUT2D eigenvalue weighted by Crippen LogP contribution is -2.10. The number of nitrogens with zero attached hydrogens (tertiary/aromatic N) is 1. The summed E-state index contributed by atoms with van der Waals surface area (Å²) >= 11 is 0. The average Bonchev–Trinajstić information content (AvgIpc) is 2.07. The molecular weight excluding hydrogens is 162 g/mol. The first kappa shape index (κ1) is 11.6. The number of nitrogens with two attached hydrogens (primary N) is 1. The van der Waals surface area contributed by atoms with Crippen LogP contribution in [0.5, 0.6) is 0 Å². The summed E-state index contributed by atoms with van der Waals surface area (Å²) in [6.45, 7) is 2.40. The standard InChI is InChI=1S/C10H12N2.H3N/c1-8-3-2-4-9(5-8)10(6-11)7-12;/h2-5,10H,6,11H2,1H3;1H3. The van der Waals surface area contributed by atoms with Gasteiger partial charge >= 0.3 is 0 Å². The van der Waals surface area contributed by atoms with E-state index < -0.39 is 0 Å². The Kier molecular flexibility index (Phi) is 4.75. The number of rotatable bonds is 2. The van der Waals surface area contributed by atoms with Crippen molar-refractivity contribution in [1.29, 1.82) is 5.26 Å². The van der Waals surface area contributed by atoms with Crippen LogP contribution in [0.25, 0.3) is 0 Å². The van der Waals surface area contributed by atoms with Crippen LogP contribution in [0.4, 0.5) is 0 Å². The molecule has 0 fully saturated rings. The van der Waals surface area contributed by atoms with Gasteiger partial charge in [-0.25, -0.2) is 0 Å². The lowest BCUT2D eigenvalue weighted by molar-refractivity contribution is 0.861. The van der Waals surface area contributed by atoms with Crippen LogP contribution in [0.15, 0.2) is 24.3 Å². The zero-order chi connectivity index (χ0) is 8.97. The summed E-state index contributed by atoms with van der Waals surface area (Å²) in [5, 5.41) is 8.74. The lowest BCUT2D eigenvalue weighted by Gasteiger charge is -2.05. The molecule has 1 aromatic rings. The van der Waals surface area contributed by atoms with E-state index in [1.165, 1.54) is 5.56 Å². The molecule has 0 aromatic heterocycles. The van der Waals surface area contributed by atoms with Crippen LogP contribution in [0.1, 0.15) is 17.0 Å². The predicted octanol–water partition coefficient (Wildman–Crippen LogP) is 1.72. The largest absolute Gasteiger partial charge is 0.344 e. The summed E-state index contributed by atoms with van der Waals surface area (Å²) in [4.78, 5) is 0. The summed E-state index contributed by atoms with van der Waals surface area (Å²) in [6, 6.07) is 10.1. The number of nitriles is 1. The summed E-state index contributed by atoms with van der Waals surface area (Å²) in [5.74, 6) is -0.162. The van der Waals surface area contributed by atoms with Crippen molar-refractivity contribution in [1.82, 2.24) is 6.15 Å². The van der Waals surface area contributed by atoms with Crippen LogP contribution >= 0.6 is 0 Å². The minimum Gasteiger partial charge on any atom is -0.344 e. The minimum atomic E-state index is -0.162. The molecule has 0 bridgehead atoms. The third-order valence-corrected chi connectivity index (χ3v) is 1.84. The minimum absolute atomic E-state index is 0. The van der Waals surface area contributed by atoms with Crippen LogP contribution in [0.2, 0.25) is 0 Å². The molecule has 70 valence electrons. The van der Waals surface area contributed by atoms with Crippen molar-refractivity contribution in [3.63, 3.8) is 0 Å². The van der Waals surface area contributed by atoms with Gasteiger partial charge in [-0.05, 0) is 12.5 Å². The smallest absolute Gasteiger partial charge is 0.0835 e. The maximum atomic E-state index is 8.74. The van der Waals surface area contributed by atoms with Crippen LogP contribution in [-0.2, 0) is 0 Å². The summed E-state index contributed by atoms with van der Waals surface area (Å²) < 4.78 is 0. The molecule has 0 saturated carbocycles. The van der Waals surface area contributed by atoms with Crippen LogP contribution in [0.3, 0.4) is 0 Å². The molecule has 0 amide bonds. The van der Waals surface area contributed by atoms with Gasteiger partial charge in [-0.2, -0.15) is 5.26 Å². The van der Waals surface area contributed by atoms with Gasteiger partial charge in [-0.3, -0.25) is 0 Å². The van der Waals surface area contributed by atoms with Gasteiger partial charge in [0.1, 0.15) is 0 Å². The van der Waals surface area contributed by atoms with E-state index in [1.807, 2.05) is 31.2 Å².